The maximum Gasteiger partial charge on any atom is 0.418 e. The highest BCUT2D eigenvalue weighted by Gasteiger charge is 2.38. The largest absolute Gasteiger partial charge is 0.493 e. The molecule has 1 amide bonds. The van der Waals surface area contributed by atoms with Crippen molar-refractivity contribution in [2.24, 2.45) is 4.99 Å². The molecule has 200 valence electrons. The second-order valence-electron chi connectivity index (χ2n) is 8.12. The van der Waals surface area contributed by atoms with E-state index in [-0.39, 0.29) is 23.8 Å². The fourth-order valence-electron chi connectivity index (χ4n) is 4.04. The minimum atomic E-state index is -4.62. The van der Waals surface area contributed by atoms with E-state index in [1.54, 1.807) is 32.0 Å². The van der Waals surface area contributed by atoms with Gasteiger partial charge < -0.3 is 24.4 Å². The number of hydrogen-bond donors (Lipinski definition) is 1. The predicted molar refractivity (Wildman–Crippen MR) is 137 cm³/mol. The first-order valence-corrected chi connectivity index (χ1v) is 12.4. The zero-order valence-electron chi connectivity index (χ0n) is 20.7. The van der Waals surface area contributed by atoms with E-state index >= 15 is 0 Å². The first-order chi connectivity index (χ1) is 18.1. The average molecular weight is 548 g/mol. The van der Waals surface area contributed by atoms with Crippen LogP contribution in [0, 0.1) is 0 Å². The van der Waals surface area contributed by atoms with E-state index in [1.165, 1.54) is 37.1 Å². The molecule has 0 spiro atoms. The van der Waals surface area contributed by atoms with Crippen molar-refractivity contribution in [1.82, 2.24) is 4.90 Å². The first-order valence-electron chi connectivity index (χ1n) is 11.5. The minimum Gasteiger partial charge on any atom is -0.493 e. The summed E-state index contributed by atoms with van der Waals surface area (Å²) >= 11 is 1.42. The van der Waals surface area contributed by atoms with Crippen LogP contribution in [0.4, 0.5) is 18.9 Å². The van der Waals surface area contributed by atoms with Crippen molar-refractivity contribution < 1.29 is 37.0 Å². The molecule has 2 aromatic rings. The molecule has 2 aliphatic rings. The van der Waals surface area contributed by atoms with Crippen molar-refractivity contribution in [3.63, 3.8) is 0 Å². The highest BCUT2D eigenvalue weighted by atomic mass is 32.2. The SMILES string of the molecule is CCOC(=O)C1=C(C)N=C2SC=CN2[C@@H]1c1ccc(OCC(=O)Nc2ccccc2C(F)(F)F)c(OC)c1. The second kappa shape index (κ2) is 11.2. The van der Waals surface area contributed by atoms with E-state index in [4.69, 9.17) is 14.2 Å². The lowest BCUT2D eigenvalue weighted by molar-refractivity contribution is -0.139. The zero-order chi connectivity index (χ0) is 27.4. The number of benzene rings is 2. The van der Waals surface area contributed by atoms with Gasteiger partial charge in [-0.2, -0.15) is 13.2 Å². The van der Waals surface area contributed by atoms with Gasteiger partial charge >= 0.3 is 12.1 Å². The lowest BCUT2D eigenvalue weighted by atomic mass is 9.94. The molecule has 12 heteroatoms. The summed E-state index contributed by atoms with van der Waals surface area (Å²) in [5.74, 6) is -0.793. The number of amidine groups is 1. The molecular weight excluding hydrogens is 523 g/mol. The number of allylic oxidation sites excluding steroid dienone is 1. The van der Waals surface area contributed by atoms with Crippen molar-refractivity contribution in [2.75, 3.05) is 25.6 Å². The molecule has 1 atom stereocenters. The van der Waals surface area contributed by atoms with Crippen LogP contribution < -0.4 is 14.8 Å². The van der Waals surface area contributed by atoms with E-state index in [1.807, 2.05) is 16.5 Å². The number of esters is 1. The predicted octanol–water partition coefficient (Wildman–Crippen LogP) is 5.50. The molecule has 0 saturated heterocycles. The van der Waals surface area contributed by atoms with Crippen LogP contribution in [-0.2, 0) is 20.5 Å². The monoisotopic (exact) mass is 547 g/mol. The Bertz CT molecular complexity index is 1340. The summed E-state index contributed by atoms with van der Waals surface area (Å²) in [5.41, 5.74) is 0.267. The third-order valence-corrected chi connectivity index (χ3v) is 6.46. The van der Waals surface area contributed by atoms with Crippen LogP contribution in [0.2, 0.25) is 0 Å². The number of alkyl halides is 3. The van der Waals surface area contributed by atoms with Crippen molar-refractivity contribution in [1.29, 1.82) is 0 Å². The Kier molecular flexibility index (Phi) is 8.00. The third-order valence-electron chi connectivity index (χ3n) is 5.68. The average Bonchev–Trinajstić information content (AvgIpc) is 3.34. The number of halogens is 3. The molecule has 0 fully saturated rings. The number of rotatable bonds is 8. The van der Waals surface area contributed by atoms with Gasteiger partial charge in [-0.1, -0.05) is 30.0 Å². The van der Waals surface area contributed by atoms with Crippen LogP contribution in [0.5, 0.6) is 11.5 Å². The van der Waals surface area contributed by atoms with Crippen molar-refractivity contribution in [3.05, 3.63) is 76.5 Å². The number of ether oxygens (including phenoxy) is 3. The number of fused-ring (bicyclic) bond motifs is 1. The van der Waals surface area contributed by atoms with E-state index in [0.29, 0.717) is 22.0 Å². The first kappa shape index (κ1) is 27.1. The Hall–Kier alpha value is -3.93. The maximum atomic E-state index is 13.2. The molecule has 0 aromatic heterocycles. The molecule has 2 heterocycles. The van der Waals surface area contributed by atoms with Gasteiger partial charge in [-0.3, -0.25) is 4.79 Å². The molecule has 2 aromatic carbocycles. The molecule has 0 bridgehead atoms. The lowest BCUT2D eigenvalue weighted by Crippen LogP contribution is -2.34. The van der Waals surface area contributed by atoms with E-state index < -0.39 is 36.3 Å². The van der Waals surface area contributed by atoms with Gasteiger partial charge in [0, 0.05) is 6.20 Å². The number of methoxy groups -OCH3 is 1. The van der Waals surface area contributed by atoms with Gasteiger partial charge in [0.25, 0.3) is 5.91 Å². The highest BCUT2D eigenvalue weighted by Crippen LogP contribution is 2.43. The van der Waals surface area contributed by atoms with Gasteiger partial charge in [0.1, 0.15) is 0 Å². The topological polar surface area (TPSA) is 89.5 Å². The number of carbonyl (C=O) groups is 2. The maximum absolute atomic E-state index is 13.2. The van der Waals surface area contributed by atoms with Crippen molar-refractivity contribution in [2.45, 2.75) is 26.1 Å². The third kappa shape index (κ3) is 5.64. The number of hydrogen-bond acceptors (Lipinski definition) is 8. The highest BCUT2D eigenvalue weighted by molar-refractivity contribution is 8.16. The van der Waals surface area contributed by atoms with Crippen LogP contribution in [0.15, 0.2) is 70.3 Å². The summed E-state index contributed by atoms with van der Waals surface area (Å²) < 4.78 is 56.0. The summed E-state index contributed by atoms with van der Waals surface area (Å²) in [6, 6.07) is 9.09. The zero-order valence-corrected chi connectivity index (χ0v) is 21.5. The quantitative estimate of drug-likeness (QED) is 0.437. The summed E-state index contributed by atoms with van der Waals surface area (Å²) in [5, 5.41) is 4.80. The van der Waals surface area contributed by atoms with E-state index in [0.717, 1.165) is 6.07 Å². The Morgan fingerprint density at radius 2 is 1.92 bits per heavy atom. The van der Waals surface area contributed by atoms with Crippen LogP contribution in [-0.4, -0.2) is 42.3 Å². The summed E-state index contributed by atoms with van der Waals surface area (Å²) in [6.45, 7) is 3.11. The van der Waals surface area contributed by atoms with Gasteiger partial charge in [-0.05, 0) is 49.1 Å². The number of carbonyl (C=O) groups excluding carboxylic acids is 2. The molecule has 2 aliphatic heterocycles. The minimum absolute atomic E-state index is 0.199. The molecule has 38 heavy (non-hydrogen) atoms. The molecule has 0 unspecified atom stereocenters. The van der Waals surface area contributed by atoms with Crippen molar-refractivity contribution in [3.8, 4) is 11.5 Å². The normalized spacial score (nSPS) is 16.6. The summed E-state index contributed by atoms with van der Waals surface area (Å²) in [7, 11) is 1.42. The van der Waals surface area contributed by atoms with Gasteiger partial charge in [0.05, 0.1) is 42.3 Å². The van der Waals surface area contributed by atoms with Crippen LogP contribution >= 0.6 is 11.8 Å². The van der Waals surface area contributed by atoms with Crippen LogP contribution in [0.1, 0.15) is 31.0 Å². The van der Waals surface area contributed by atoms with Gasteiger partial charge in [0.2, 0.25) is 0 Å². The fraction of sp³-hybridized carbons (Fsp3) is 0.269. The number of thioether (sulfide) groups is 1. The number of aliphatic imine (C=N–C) groups is 1. The lowest BCUT2D eigenvalue weighted by Gasteiger charge is -2.33. The molecular formula is C26H24F3N3O5S. The second-order valence-corrected chi connectivity index (χ2v) is 8.99. The molecule has 8 nitrogen and oxygen atoms in total. The van der Waals surface area contributed by atoms with Crippen LogP contribution in [0.3, 0.4) is 0 Å². The summed E-state index contributed by atoms with van der Waals surface area (Å²) in [4.78, 5) is 31.6. The molecule has 4 rings (SSSR count). The number of para-hydroxylation sites is 1. The fourth-order valence-corrected chi connectivity index (χ4v) is 4.83. The number of amides is 1. The molecule has 1 N–H and O–H groups in total. The number of nitrogens with zero attached hydrogens (tertiary/aromatic N) is 2. The Morgan fingerprint density at radius 3 is 2.63 bits per heavy atom. The summed E-state index contributed by atoms with van der Waals surface area (Å²) in [6.07, 6.45) is -2.80. The Balaban J connectivity index is 1.55. The smallest absolute Gasteiger partial charge is 0.418 e. The molecule has 0 radical (unpaired) electrons. The van der Waals surface area contributed by atoms with Gasteiger partial charge in [0.15, 0.2) is 23.3 Å². The number of anilines is 1. The van der Waals surface area contributed by atoms with Gasteiger partial charge in [-0.15, -0.1) is 0 Å². The molecule has 0 saturated carbocycles. The Morgan fingerprint density at radius 1 is 1.16 bits per heavy atom. The van der Waals surface area contributed by atoms with Crippen molar-refractivity contribution >= 4 is 34.5 Å². The van der Waals surface area contributed by atoms with E-state index in [9.17, 15) is 22.8 Å². The molecule has 0 aliphatic carbocycles. The van der Waals surface area contributed by atoms with E-state index in [2.05, 4.69) is 10.3 Å². The van der Waals surface area contributed by atoms with Crippen LogP contribution in [0.25, 0.3) is 0 Å². The Labute approximate surface area is 221 Å². The number of nitrogens with one attached hydrogen (secondary N) is 1. The standard InChI is InChI=1S/C26H24F3N3O5S/c1-4-36-24(34)22-15(2)30-25-32(11-12-38-25)23(22)16-9-10-19(20(13-16)35-3)37-14-21(33)31-18-8-6-5-7-17(18)26(27,28)29/h5-13,23H,4,14H2,1-3H3,(H,31,33)/t23-/m1/s1. The van der Waals surface area contributed by atoms with Gasteiger partial charge in [-0.25, -0.2) is 9.79 Å².